The number of carbonyl (C=O) groups is 2. The monoisotopic (exact) mass is 496 g/mol. The molecule has 0 aliphatic carbocycles. The van der Waals surface area contributed by atoms with Crippen LogP contribution in [0.25, 0.3) is 5.52 Å². The highest BCUT2D eigenvalue weighted by molar-refractivity contribution is 7.89. The van der Waals surface area contributed by atoms with Crippen molar-refractivity contribution < 1.29 is 22.7 Å². The lowest BCUT2D eigenvalue weighted by atomic mass is 10.1. The van der Waals surface area contributed by atoms with E-state index in [1.54, 1.807) is 43.3 Å². The summed E-state index contributed by atoms with van der Waals surface area (Å²) in [6.45, 7) is 2.34. The Labute approximate surface area is 204 Å². The van der Waals surface area contributed by atoms with E-state index in [9.17, 15) is 22.8 Å². The van der Waals surface area contributed by atoms with Crippen LogP contribution in [0.15, 0.2) is 70.5 Å². The van der Waals surface area contributed by atoms with E-state index in [0.717, 1.165) is 0 Å². The van der Waals surface area contributed by atoms with Crippen LogP contribution in [0.1, 0.15) is 23.7 Å². The molecule has 0 fully saturated rings. The third kappa shape index (κ3) is 7.42. The van der Waals surface area contributed by atoms with E-state index >= 15 is 0 Å². The number of nitrogens with zero attached hydrogens (tertiary/aromatic N) is 1. The van der Waals surface area contributed by atoms with Crippen molar-refractivity contribution in [1.82, 2.24) is 19.8 Å². The number of benzene rings is 1. The lowest BCUT2D eigenvalue weighted by Crippen LogP contribution is -2.41. The quantitative estimate of drug-likeness (QED) is 0.268. The zero-order valence-electron chi connectivity index (χ0n) is 19.1. The predicted molar refractivity (Wildman–Crippen MR) is 131 cm³/mol. The van der Waals surface area contributed by atoms with Gasteiger partial charge in [0.15, 0.2) is 13.7 Å². The molecule has 1 unspecified atom stereocenters. The van der Waals surface area contributed by atoms with Gasteiger partial charge in [-0.25, -0.2) is 13.1 Å². The van der Waals surface area contributed by atoms with Gasteiger partial charge in [-0.2, -0.15) is 0 Å². The van der Waals surface area contributed by atoms with Crippen molar-refractivity contribution in [1.29, 1.82) is 0 Å². The third-order valence-electron chi connectivity index (χ3n) is 4.90. The van der Waals surface area contributed by atoms with Crippen molar-refractivity contribution in [2.24, 2.45) is 0 Å². The smallest absolute Gasteiger partial charge is 0.255 e. The Kier molecular flexibility index (Phi) is 8.66. The van der Waals surface area contributed by atoms with Crippen molar-refractivity contribution in [2.75, 3.05) is 19.7 Å². The molecule has 2 radical (unpaired) electrons. The Balaban J connectivity index is 1.59. The predicted octanol–water partition coefficient (Wildman–Crippen LogP) is 1.04. The van der Waals surface area contributed by atoms with Crippen molar-refractivity contribution in [2.45, 2.75) is 24.3 Å². The summed E-state index contributed by atoms with van der Waals surface area (Å²) < 4.78 is 34.2. The Morgan fingerprint density at radius 3 is 2.54 bits per heavy atom. The summed E-state index contributed by atoms with van der Waals surface area (Å²) >= 11 is 0. The van der Waals surface area contributed by atoms with Gasteiger partial charge in [-0.3, -0.25) is 18.8 Å². The Morgan fingerprint density at radius 2 is 1.83 bits per heavy atom. The first kappa shape index (κ1) is 26.0. The summed E-state index contributed by atoms with van der Waals surface area (Å²) in [7, 11) is 1.28. The number of aromatic nitrogens is 1. The zero-order valence-corrected chi connectivity index (χ0v) is 19.9. The highest BCUT2D eigenvalue weighted by Gasteiger charge is 2.18. The normalized spacial score (nSPS) is 12.1. The van der Waals surface area contributed by atoms with Gasteiger partial charge in [0.25, 0.3) is 11.5 Å². The fraction of sp³-hybridized carbons (Fsp3) is 0.261. The molecule has 0 spiro atoms. The fourth-order valence-corrected chi connectivity index (χ4v) is 4.48. The lowest BCUT2D eigenvalue weighted by Gasteiger charge is -2.15. The molecule has 1 aromatic carbocycles. The van der Waals surface area contributed by atoms with E-state index in [1.807, 2.05) is 0 Å². The molecule has 10 nitrogen and oxygen atoms in total. The van der Waals surface area contributed by atoms with Crippen molar-refractivity contribution in [3.8, 4) is 5.75 Å². The molecule has 2 heterocycles. The molecule has 35 heavy (non-hydrogen) atoms. The van der Waals surface area contributed by atoms with Gasteiger partial charge in [-0.1, -0.05) is 18.2 Å². The Morgan fingerprint density at radius 1 is 1.09 bits per heavy atom. The average molecular weight is 496 g/mol. The molecule has 2 amide bonds. The number of pyridine rings is 2. The maximum absolute atomic E-state index is 12.6. The number of carbonyl (C=O) groups excluding carboxylic acids is 2. The van der Waals surface area contributed by atoms with Crippen LogP contribution in [0.3, 0.4) is 0 Å². The summed E-state index contributed by atoms with van der Waals surface area (Å²) in [5, 5.41) is 5.10. The molecule has 182 valence electrons. The number of sulfonamides is 1. The molecule has 0 bridgehead atoms. The minimum Gasteiger partial charge on any atom is -0.492 e. The zero-order chi connectivity index (χ0) is 25.4. The van der Waals surface area contributed by atoms with Gasteiger partial charge in [0, 0.05) is 36.3 Å². The van der Waals surface area contributed by atoms with E-state index in [4.69, 9.17) is 12.6 Å². The maximum atomic E-state index is 12.6. The van der Waals surface area contributed by atoms with Crippen molar-refractivity contribution >= 4 is 35.1 Å². The van der Waals surface area contributed by atoms with Gasteiger partial charge in [0.05, 0.1) is 17.7 Å². The number of hydrogen-bond acceptors (Lipinski definition) is 6. The number of rotatable bonds is 11. The largest absolute Gasteiger partial charge is 0.492 e. The number of ether oxygens (including phenoxy) is 1. The second-order valence-electron chi connectivity index (χ2n) is 7.78. The first-order valence-corrected chi connectivity index (χ1v) is 12.3. The van der Waals surface area contributed by atoms with E-state index in [1.165, 1.54) is 28.8 Å². The molecule has 2 aromatic heterocycles. The minimum absolute atomic E-state index is 0.0294. The SMILES string of the molecule is [B]C(=O)NCCCOc1ccc2cc(C(=O)NCC(C)NS(=O)(=O)c3ccccc3)cc(=O)n2c1. The first-order chi connectivity index (χ1) is 16.7. The number of fused-ring (bicyclic) bond motifs is 1. The van der Waals surface area contributed by atoms with E-state index < -0.39 is 33.3 Å². The van der Waals surface area contributed by atoms with Crippen molar-refractivity contribution in [3.63, 3.8) is 0 Å². The maximum Gasteiger partial charge on any atom is 0.255 e. The lowest BCUT2D eigenvalue weighted by molar-refractivity contribution is 0.0951. The molecule has 12 heteroatoms. The first-order valence-electron chi connectivity index (χ1n) is 10.8. The van der Waals surface area contributed by atoms with E-state index in [2.05, 4.69) is 15.4 Å². The fourth-order valence-electron chi connectivity index (χ4n) is 3.22. The summed E-state index contributed by atoms with van der Waals surface area (Å²) in [5.74, 6) is -0.655. The van der Waals surface area contributed by atoms with Gasteiger partial charge in [-0.05, 0) is 43.7 Å². The van der Waals surface area contributed by atoms with Gasteiger partial charge < -0.3 is 15.4 Å². The molecule has 3 N–H and O–H groups in total. The number of hydrogen-bond donors (Lipinski definition) is 3. The summed E-state index contributed by atoms with van der Waals surface area (Å²) in [6.07, 6.45) is 2.05. The molecule has 0 saturated heterocycles. The van der Waals surface area contributed by atoms with Crippen LogP contribution in [0.4, 0.5) is 4.79 Å². The molecule has 0 saturated carbocycles. The molecule has 3 aromatic rings. The van der Waals surface area contributed by atoms with Gasteiger partial charge in [0.1, 0.15) is 5.75 Å². The van der Waals surface area contributed by atoms with Crippen LogP contribution in [-0.4, -0.2) is 58.1 Å². The highest BCUT2D eigenvalue weighted by Crippen LogP contribution is 2.13. The second kappa shape index (κ2) is 11.7. The van der Waals surface area contributed by atoms with E-state index in [0.29, 0.717) is 30.8 Å². The molecule has 0 aliphatic heterocycles. The summed E-state index contributed by atoms with van der Waals surface area (Å²) in [4.78, 5) is 35.9. The van der Waals surface area contributed by atoms with Crippen molar-refractivity contribution in [3.05, 3.63) is 76.7 Å². The molecule has 1 atom stereocenters. The Bertz CT molecular complexity index is 1360. The number of amides is 2. The van der Waals surface area contributed by atoms with Crippen LogP contribution in [-0.2, 0) is 10.0 Å². The van der Waals surface area contributed by atoms with Crippen LogP contribution >= 0.6 is 0 Å². The second-order valence-corrected chi connectivity index (χ2v) is 9.49. The minimum atomic E-state index is -3.72. The molecular formula is C23H25BN4O6S. The summed E-state index contributed by atoms with van der Waals surface area (Å²) in [6, 6.07) is 13.4. The standard InChI is InChI=1S/C23H25BN4O6S/c1-16(27-35(32,33)20-6-3-2-4-7-20)14-26-22(30)17-12-18-8-9-19(15-28(18)21(29)13-17)34-11-5-10-25-23(24)31/h2-4,6-9,12-13,15-16,27H,5,10-11,14H2,1H3,(H,25,31)(H,26,30). The Hall–Kier alpha value is -3.64. The molecule has 3 rings (SSSR count). The van der Waals surface area contributed by atoms with Gasteiger partial charge in [-0.15, -0.1) is 0 Å². The van der Waals surface area contributed by atoms with Crippen LogP contribution in [0.5, 0.6) is 5.75 Å². The topological polar surface area (TPSA) is 135 Å². The molecular weight excluding hydrogens is 471 g/mol. The van der Waals surface area contributed by atoms with Crippen LogP contribution in [0.2, 0.25) is 0 Å². The number of nitrogens with one attached hydrogen (secondary N) is 3. The summed E-state index contributed by atoms with van der Waals surface area (Å²) in [5.41, 5.74) is 0.217. The highest BCUT2D eigenvalue weighted by atomic mass is 32.2. The van der Waals surface area contributed by atoms with E-state index in [-0.39, 0.29) is 17.0 Å². The van der Waals surface area contributed by atoms with Crippen LogP contribution in [0, 0.1) is 0 Å². The third-order valence-corrected chi connectivity index (χ3v) is 6.51. The van der Waals surface area contributed by atoms with Crippen LogP contribution < -0.4 is 25.7 Å². The van der Waals surface area contributed by atoms with Gasteiger partial charge >= 0.3 is 0 Å². The average Bonchev–Trinajstić information content (AvgIpc) is 2.82. The van der Waals surface area contributed by atoms with Gasteiger partial charge in [0.2, 0.25) is 10.0 Å². The molecule has 0 aliphatic rings.